The molecule has 0 spiro atoms. The minimum atomic E-state index is -0.175. The van der Waals surface area contributed by atoms with E-state index in [1.54, 1.807) is 4.90 Å². The molecule has 1 amide bonds. The molecule has 0 bridgehead atoms. The van der Waals surface area contributed by atoms with Crippen LogP contribution in [0.25, 0.3) is 6.08 Å². The standard InChI is InChI=1S/C34H32N2O3S/c1-4-38-31-21-26(18-19-30(31)39-23-27-13-11-12-24(2)20-27)22-32-33(37)36(25(3)28-14-7-5-8-15-28)34(40-32)35-29-16-9-6-10-17-29/h5-22,25H,4,23H2,1-3H3/b32-22+,35-34?/t25-/m1/s1. The third kappa shape index (κ3) is 6.46. The third-order valence-corrected chi connectivity index (χ3v) is 7.51. The number of benzene rings is 4. The highest BCUT2D eigenvalue weighted by molar-refractivity contribution is 8.18. The Bertz CT molecular complexity index is 1530. The quantitative estimate of drug-likeness (QED) is 0.197. The summed E-state index contributed by atoms with van der Waals surface area (Å²) >= 11 is 1.39. The van der Waals surface area contributed by atoms with Gasteiger partial charge in [-0.25, -0.2) is 4.99 Å². The van der Waals surface area contributed by atoms with Crippen molar-refractivity contribution in [2.45, 2.75) is 33.4 Å². The van der Waals surface area contributed by atoms with Crippen molar-refractivity contribution >= 4 is 34.6 Å². The Labute approximate surface area is 240 Å². The highest BCUT2D eigenvalue weighted by atomic mass is 32.2. The molecule has 0 radical (unpaired) electrons. The highest BCUT2D eigenvalue weighted by Gasteiger charge is 2.37. The number of hydrogen-bond donors (Lipinski definition) is 0. The molecule has 0 aromatic heterocycles. The summed E-state index contributed by atoms with van der Waals surface area (Å²) in [7, 11) is 0. The zero-order valence-corrected chi connectivity index (χ0v) is 23.7. The smallest absolute Gasteiger partial charge is 0.267 e. The fraction of sp³-hybridized carbons (Fsp3) is 0.176. The summed E-state index contributed by atoms with van der Waals surface area (Å²) in [5.41, 5.74) is 5.00. The van der Waals surface area contributed by atoms with E-state index in [4.69, 9.17) is 14.5 Å². The van der Waals surface area contributed by atoms with Crippen LogP contribution in [0.4, 0.5) is 5.69 Å². The predicted molar refractivity (Wildman–Crippen MR) is 164 cm³/mol. The molecule has 0 saturated carbocycles. The Balaban J connectivity index is 1.44. The van der Waals surface area contributed by atoms with E-state index in [2.05, 4.69) is 19.1 Å². The highest BCUT2D eigenvalue weighted by Crippen LogP contribution is 2.40. The van der Waals surface area contributed by atoms with Crippen LogP contribution in [0.3, 0.4) is 0 Å². The number of amidine groups is 1. The van der Waals surface area contributed by atoms with Gasteiger partial charge in [0.05, 0.1) is 23.2 Å². The van der Waals surface area contributed by atoms with Gasteiger partial charge in [0.25, 0.3) is 5.91 Å². The van der Waals surface area contributed by atoms with Gasteiger partial charge in [-0.05, 0) is 79.6 Å². The van der Waals surface area contributed by atoms with Crippen LogP contribution in [-0.4, -0.2) is 22.6 Å². The third-order valence-electron chi connectivity index (χ3n) is 6.53. The molecule has 0 N–H and O–H groups in total. The topological polar surface area (TPSA) is 51.1 Å². The van der Waals surface area contributed by atoms with Crippen LogP contribution < -0.4 is 9.47 Å². The fourth-order valence-corrected chi connectivity index (χ4v) is 5.58. The SMILES string of the molecule is CCOc1cc(/C=C2/SC(=Nc3ccccc3)N([C@H](C)c3ccccc3)C2=O)ccc1OCc1cccc(C)c1. The number of aliphatic imine (C=N–C) groups is 1. The van der Waals surface area contributed by atoms with Crippen molar-refractivity contribution in [1.29, 1.82) is 0 Å². The first-order valence-corrected chi connectivity index (χ1v) is 14.2. The fourth-order valence-electron chi connectivity index (χ4n) is 4.52. The minimum absolute atomic E-state index is 0.0752. The number of aryl methyl sites for hydroxylation is 1. The first-order valence-electron chi connectivity index (χ1n) is 13.4. The molecule has 202 valence electrons. The lowest BCUT2D eigenvalue weighted by Crippen LogP contribution is -2.32. The number of amides is 1. The molecule has 1 heterocycles. The van der Waals surface area contributed by atoms with Gasteiger partial charge in [0.15, 0.2) is 16.7 Å². The van der Waals surface area contributed by atoms with Crippen LogP contribution in [0.15, 0.2) is 113 Å². The van der Waals surface area contributed by atoms with Crippen LogP contribution in [0, 0.1) is 6.92 Å². The molecule has 5 nitrogen and oxygen atoms in total. The summed E-state index contributed by atoms with van der Waals surface area (Å²) in [4.78, 5) is 21.0. The average molecular weight is 549 g/mol. The van der Waals surface area contributed by atoms with Gasteiger partial charge in [0.2, 0.25) is 0 Å². The maximum Gasteiger partial charge on any atom is 0.267 e. The molecule has 6 heteroatoms. The zero-order chi connectivity index (χ0) is 27.9. The van der Waals surface area contributed by atoms with Crippen molar-refractivity contribution in [2.75, 3.05) is 6.61 Å². The van der Waals surface area contributed by atoms with Gasteiger partial charge < -0.3 is 9.47 Å². The van der Waals surface area contributed by atoms with E-state index in [0.29, 0.717) is 34.8 Å². The number of nitrogens with zero attached hydrogens (tertiary/aromatic N) is 2. The Hall–Kier alpha value is -4.29. The number of ether oxygens (including phenoxy) is 2. The predicted octanol–water partition coefficient (Wildman–Crippen LogP) is 8.34. The number of carbonyl (C=O) groups excluding carboxylic acids is 1. The molecule has 1 fully saturated rings. The molecule has 5 rings (SSSR count). The van der Waals surface area contributed by atoms with Gasteiger partial charge in [-0.2, -0.15) is 0 Å². The van der Waals surface area contributed by atoms with Crippen molar-refractivity contribution in [1.82, 2.24) is 4.90 Å². The van der Waals surface area contributed by atoms with E-state index >= 15 is 0 Å². The van der Waals surface area contributed by atoms with Crippen molar-refractivity contribution in [3.63, 3.8) is 0 Å². The van der Waals surface area contributed by atoms with Crippen molar-refractivity contribution < 1.29 is 14.3 Å². The summed E-state index contributed by atoms with van der Waals surface area (Å²) in [6, 6.07) is 33.6. The Kier molecular flexibility index (Phi) is 8.67. The first-order chi connectivity index (χ1) is 19.5. The van der Waals surface area contributed by atoms with Crippen molar-refractivity contribution in [2.24, 2.45) is 4.99 Å². The molecular formula is C34H32N2O3S. The average Bonchev–Trinajstić information content (AvgIpc) is 3.27. The Morgan fingerprint density at radius 2 is 1.62 bits per heavy atom. The lowest BCUT2D eigenvalue weighted by molar-refractivity contribution is -0.123. The largest absolute Gasteiger partial charge is 0.490 e. The minimum Gasteiger partial charge on any atom is -0.490 e. The number of thioether (sulfide) groups is 1. The lowest BCUT2D eigenvalue weighted by atomic mass is 10.1. The van der Waals surface area contributed by atoms with E-state index < -0.39 is 0 Å². The normalized spacial score (nSPS) is 16.0. The monoisotopic (exact) mass is 548 g/mol. The second kappa shape index (κ2) is 12.7. The van der Waals surface area contributed by atoms with E-state index in [9.17, 15) is 4.79 Å². The molecule has 1 aliphatic rings. The molecule has 1 aliphatic heterocycles. The number of para-hydroxylation sites is 1. The van der Waals surface area contributed by atoms with Gasteiger partial charge in [-0.3, -0.25) is 9.69 Å². The molecule has 4 aromatic rings. The molecule has 0 aliphatic carbocycles. The van der Waals surface area contributed by atoms with Gasteiger partial charge >= 0.3 is 0 Å². The van der Waals surface area contributed by atoms with E-state index in [-0.39, 0.29) is 11.9 Å². The molecular weight excluding hydrogens is 516 g/mol. The Morgan fingerprint density at radius 1 is 0.875 bits per heavy atom. The number of rotatable bonds is 9. The lowest BCUT2D eigenvalue weighted by Gasteiger charge is -2.24. The molecule has 4 aromatic carbocycles. The van der Waals surface area contributed by atoms with Gasteiger partial charge in [-0.1, -0.05) is 84.4 Å². The molecule has 1 atom stereocenters. The summed E-state index contributed by atoms with van der Waals surface area (Å²) in [5.74, 6) is 1.24. The van der Waals surface area contributed by atoms with Crippen LogP contribution in [-0.2, 0) is 11.4 Å². The van der Waals surface area contributed by atoms with E-state index in [0.717, 1.165) is 22.4 Å². The first kappa shape index (κ1) is 27.3. The van der Waals surface area contributed by atoms with Gasteiger partial charge in [0, 0.05) is 0 Å². The summed E-state index contributed by atoms with van der Waals surface area (Å²) in [6.07, 6.45) is 1.90. The van der Waals surface area contributed by atoms with Gasteiger partial charge in [-0.15, -0.1) is 0 Å². The van der Waals surface area contributed by atoms with Crippen LogP contribution in [0.2, 0.25) is 0 Å². The van der Waals surface area contributed by atoms with Crippen LogP contribution in [0.5, 0.6) is 11.5 Å². The van der Waals surface area contributed by atoms with E-state index in [1.165, 1.54) is 17.3 Å². The number of hydrogen-bond acceptors (Lipinski definition) is 5. The van der Waals surface area contributed by atoms with Gasteiger partial charge in [0.1, 0.15) is 6.61 Å². The second-order valence-electron chi connectivity index (χ2n) is 9.52. The summed E-state index contributed by atoms with van der Waals surface area (Å²) < 4.78 is 12.0. The summed E-state index contributed by atoms with van der Waals surface area (Å²) in [5, 5.41) is 0.655. The zero-order valence-electron chi connectivity index (χ0n) is 22.9. The molecule has 40 heavy (non-hydrogen) atoms. The van der Waals surface area contributed by atoms with Crippen LogP contribution >= 0.6 is 11.8 Å². The van der Waals surface area contributed by atoms with Crippen molar-refractivity contribution in [3.05, 3.63) is 130 Å². The second-order valence-corrected chi connectivity index (χ2v) is 10.5. The molecule has 0 unspecified atom stereocenters. The number of carbonyl (C=O) groups is 1. The maximum atomic E-state index is 13.8. The Morgan fingerprint density at radius 3 is 2.35 bits per heavy atom. The van der Waals surface area contributed by atoms with Crippen LogP contribution in [0.1, 0.15) is 42.1 Å². The van der Waals surface area contributed by atoms with E-state index in [1.807, 2.05) is 111 Å². The summed E-state index contributed by atoms with van der Waals surface area (Å²) in [6.45, 7) is 7.00. The molecule has 1 saturated heterocycles. The van der Waals surface area contributed by atoms with Crippen molar-refractivity contribution in [3.8, 4) is 11.5 Å². The maximum absolute atomic E-state index is 13.8.